The van der Waals surface area contributed by atoms with Gasteiger partial charge in [-0.3, -0.25) is 0 Å². The largest absolute Gasteiger partial charge is 0.224 e. The Balaban J connectivity index is 3.03. The molecule has 0 spiro atoms. The van der Waals surface area contributed by atoms with Crippen LogP contribution < -0.4 is 0 Å². The van der Waals surface area contributed by atoms with Gasteiger partial charge in [-0.25, -0.2) is 8.42 Å². The van der Waals surface area contributed by atoms with Crippen LogP contribution >= 0.6 is 0 Å². The highest BCUT2D eigenvalue weighted by Gasteiger charge is 2.05. The molecule has 0 aliphatic rings. The molecule has 4 heteroatoms. The first-order valence-corrected chi connectivity index (χ1v) is 5.59. The zero-order valence-corrected chi connectivity index (χ0v) is 8.00. The second kappa shape index (κ2) is 3.58. The van der Waals surface area contributed by atoms with Gasteiger partial charge in [0.2, 0.25) is 0 Å². The van der Waals surface area contributed by atoms with Crippen LogP contribution in [0.25, 0.3) is 0 Å². The molecule has 1 rings (SSSR count). The predicted octanol–water partition coefficient (Wildman–Crippen LogP) is 1.16. The third kappa shape index (κ3) is 2.56. The molecule has 1 aromatic carbocycles. The highest BCUT2D eigenvalue weighted by Crippen LogP contribution is 2.10. The van der Waals surface area contributed by atoms with Crippen molar-refractivity contribution < 1.29 is 8.42 Å². The molecule has 0 aliphatic carbocycles. The van der Waals surface area contributed by atoms with E-state index < -0.39 is 9.84 Å². The van der Waals surface area contributed by atoms with Crippen LogP contribution in [0.1, 0.15) is 5.56 Å². The molecule has 0 bridgehead atoms. The lowest BCUT2D eigenvalue weighted by Crippen LogP contribution is -1.96. The van der Waals surface area contributed by atoms with E-state index in [1.54, 1.807) is 12.1 Å². The van der Waals surface area contributed by atoms with E-state index >= 15 is 0 Å². The number of rotatable bonds is 2. The Morgan fingerprint density at radius 1 is 1.31 bits per heavy atom. The summed E-state index contributed by atoms with van der Waals surface area (Å²) in [7, 11) is -3.12. The third-order valence-corrected chi connectivity index (χ3v) is 2.76. The lowest BCUT2D eigenvalue weighted by atomic mass is 10.2. The third-order valence-electron chi connectivity index (χ3n) is 1.63. The van der Waals surface area contributed by atoms with Crippen molar-refractivity contribution in [3.8, 4) is 6.07 Å². The molecule has 0 saturated heterocycles. The van der Waals surface area contributed by atoms with Gasteiger partial charge in [0.15, 0.2) is 9.84 Å². The van der Waals surface area contributed by atoms with Crippen molar-refractivity contribution in [2.24, 2.45) is 0 Å². The zero-order valence-electron chi connectivity index (χ0n) is 7.19. The van der Waals surface area contributed by atoms with Gasteiger partial charge < -0.3 is 0 Å². The van der Waals surface area contributed by atoms with Gasteiger partial charge in [0.05, 0.1) is 17.4 Å². The first-order chi connectivity index (χ1) is 6.04. The van der Waals surface area contributed by atoms with Crippen molar-refractivity contribution in [1.82, 2.24) is 0 Å². The predicted molar refractivity (Wildman–Crippen MR) is 48.9 cm³/mol. The van der Waals surface area contributed by atoms with E-state index in [1.807, 2.05) is 6.07 Å². The Hall–Kier alpha value is -1.34. The van der Waals surface area contributed by atoms with E-state index in [1.165, 1.54) is 12.1 Å². The highest BCUT2D eigenvalue weighted by atomic mass is 32.2. The average Bonchev–Trinajstić information content (AvgIpc) is 2.04. The Morgan fingerprint density at radius 3 is 2.23 bits per heavy atom. The minimum absolute atomic E-state index is 0.286. The van der Waals surface area contributed by atoms with Crippen molar-refractivity contribution >= 4 is 9.84 Å². The quantitative estimate of drug-likeness (QED) is 0.711. The normalized spacial score (nSPS) is 10.8. The lowest BCUT2D eigenvalue weighted by Gasteiger charge is -1.98. The minimum atomic E-state index is -3.12. The van der Waals surface area contributed by atoms with Crippen LogP contribution in [0.3, 0.4) is 0 Å². The van der Waals surface area contributed by atoms with Gasteiger partial charge >= 0.3 is 0 Å². The van der Waals surface area contributed by atoms with Crippen LogP contribution in [0.5, 0.6) is 0 Å². The van der Waals surface area contributed by atoms with E-state index in [0.717, 1.165) is 11.8 Å². The Bertz CT molecular complexity index is 426. The van der Waals surface area contributed by atoms with E-state index in [0.29, 0.717) is 6.42 Å². The maximum Gasteiger partial charge on any atom is 0.175 e. The molecule has 0 fully saturated rings. The SMILES string of the molecule is CS(=O)(=O)c1ccc(CC#N)cc1. The first kappa shape index (κ1) is 9.75. The van der Waals surface area contributed by atoms with Gasteiger partial charge in [-0.05, 0) is 17.7 Å². The van der Waals surface area contributed by atoms with Crippen LogP contribution in [0.15, 0.2) is 29.2 Å². The summed E-state index contributed by atoms with van der Waals surface area (Å²) in [6.07, 6.45) is 1.47. The molecule has 0 heterocycles. The van der Waals surface area contributed by atoms with Gasteiger partial charge in [0.25, 0.3) is 0 Å². The maximum absolute atomic E-state index is 11.0. The number of nitrogens with zero attached hydrogens (tertiary/aromatic N) is 1. The number of benzene rings is 1. The minimum Gasteiger partial charge on any atom is -0.224 e. The standard InChI is InChI=1S/C9H9NO2S/c1-13(11,12)9-4-2-8(3-5-9)6-7-10/h2-5H,6H2,1H3. The smallest absolute Gasteiger partial charge is 0.175 e. The maximum atomic E-state index is 11.0. The summed E-state index contributed by atoms with van der Waals surface area (Å²) in [6, 6.07) is 8.33. The molecule has 13 heavy (non-hydrogen) atoms. The molecule has 3 nitrogen and oxygen atoms in total. The monoisotopic (exact) mass is 195 g/mol. The van der Waals surface area contributed by atoms with Crippen molar-refractivity contribution in [1.29, 1.82) is 5.26 Å². The van der Waals surface area contributed by atoms with E-state index in [-0.39, 0.29) is 4.90 Å². The zero-order chi connectivity index (χ0) is 9.90. The number of hydrogen-bond donors (Lipinski definition) is 0. The molecule has 1 aromatic rings. The molecular weight excluding hydrogens is 186 g/mol. The fourth-order valence-electron chi connectivity index (χ4n) is 0.946. The van der Waals surface area contributed by atoms with Crippen LogP contribution in [-0.2, 0) is 16.3 Å². The van der Waals surface area contributed by atoms with Gasteiger partial charge in [0.1, 0.15) is 0 Å². The van der Waals surface area contributed by atoms with Crippen LogP contribution in [0, 0.1) is 11.3 Å². The van der Waals surface area contributed by atoms with Gasteiger partial charge in [0, 0.05) is 6.26 Å². The van der Waals surface area contributed by atoms with Crippen molar-refractivity contribution in [3.63, 3.8) is 0 Å². The molecule has 68 valence electrons. The number of hydrogen-bond acceptors (Lipinski definition) is 3. The van der Waals surface area contributed by atoms with Crippen LogP contribution in [0.4, 0.5) is 0 Å². The summed E-state index contributed by atoms with van der Waals surface area (Å²) in [5.41, 5.74) is 0.829. The lowest BCUT2D eigenvalue weighted by molar-refractivity contribution is 0.602. The average molecular weight is 195 g/mol. The molecule has 0 aromatic heterocycles. The fraction of sp³-hybridized carbons (Fsp3) is 0.222. The molecule has 0 N–H and O–H groups in total. The summed E-state index contributed by atoms with van der Waals surface area (Å²) in [4.78, 5) is 0.286. The summed E-state index contributed by atoms with van der Waals surface area (Å²) in [6.45, 7) is 0. The molecule has 0 unspecified atom stereocenters. The summed E-state index contributed by atoms with van der Waals surface area (Å²) in [5, 5.41) is 8.38. The van der Waals surface area contributed by atoms with E-state index in [9.17, 15) is 8.42 Å². The summed E-state index contributed by atoms with van der Waals surface area (Å²) >= 11 is 0. The van der Waals surface area contributed by atoms with Crippen molar-refractivity contribution in [3.05, 3.63) is 29.8 Å². The van der Waals surface area contributed by atoms with Crippen LogP contribution in [0.2, 0.25) is 0 Å². The Labute approximate surface area is 77.5 Å². The second-order valence-electron chi connectivity index (χ2n) is 2.75. The molecule has 0 amide bonds. The van der Waals surface area contributed by atoms with E-state index in [4.69, 9.17) is 5.26 Å². The highest BCUT2D eigenvalue weighted by molar-refractivity contribution is 7.90. The molecule has 0 aliphatic heterocycles. The first-order valence-electron chi connectivity index (χ1n) is 3.70. The topological polar surface area (TPSA) is 57.9 Å². The fourth-order valence-corrected chi connectivity index (χ4v) is 1.58. The van der Waals surface area contributed by atoms with Gasteiger partial charge in [-0.1, -0.05) is 12.1 Å². The molecule has 0 atom stereocenters. The Morgan fingerprint density at radius 2 is 1.85 bits per heavy atom. The summed E-state index contributed by atoms with van der Waals surface area (Å²) in [5.74, 6) is 0. The van der Waals surface area contributed by atoms with Gasteiger partial charge in [-0.2, -0.15) is 5.26 Å². The second-order valence-corrected chi connectivity index (χ2v) is 4.77. The molecule has 0 radical (unpaired) electrons. The Kier molecular flexibility index (Phi) is 2.69. The summed E-state index contributed by atoms with van der Waals surface area (Å²) < 4.78 is 22.1. The van der Waals surface area contributed by atoms with E-state index in [2.05, 4.69) is 0 Å². The molecule has 0 saturated carbocycles. The van der Waals surface area contributed by atoms with Crippen LogP contribution in [-0.4, -0.2) is 14.7 Å². The van der Waals surface area contributed by atoms with Crippen molar-refractivity contribution in [2.45, 2.75) is 11.3 Å². The van der Waals surface area contributed by atoms with Crippen molar-refractivity contribution in [2.75, 3.05) is 6.26 Å². The number of sulfone groups is 1. The van der Waals surface area contributed by atoms with Gasteiger partial charge in [-0.15, -0.1) is 0 Å². The molecular formula is C9H9NO2S. The number of nitriles is 1.